The van der Waals surface area contributed by atoms with Gasteiger partial charge in [0.1, 0.15) is 0 Å². The molecule has 0 aromatic carbocycles. The van der Waals surface area contributed by atoms with Crippen LogP contribution in [0.4, 0.5) is 0 Å². The Kier molecular flexibility index (Phi) is 4.21. The van der Waals surface area contributed by atoms with E-state index in [9.17, 15) is 5.11 Å². The van der Waals surface area contributed by atoms with Gasteiger partial charge in [0.25, 0.3) is 0 Å². The van der Waals surface area contributed by atoms with Gasteiger partial charge in [0, 0.05) is 0 Å². The Hall–Kier alpha value is -0.600. The minimum atomic E-state index is -0.659. The first-order valence-electron chi connectivity index (χ1n) is 6.37. The zero-order valence-corrected chi connectivity index (χ0v) is 11.8. The second kappa shape index (κ2) is 4.95. The first kappa shape index (κ1) is 14.5. The van der Waals surface area contributed by atoms with E-state index in [1.807, 2.05) is 13.8 Å². The molecule has 1 aliphatic rings. The maximum absolute atomic E-state index is 9.72. The van der Waals surface area contributed by atoms with E-state index in [-0.39, 0.29) is 11.0 Å². The zero-order chi connectivity index (χ0) is 13.2. The van der Waals surface area contributed by atoms with E-state index in [2.05, 4.69) is 45.1 Å². The fourth-order valence-electron chi connectivity index (χ4n) is 1.96. The van der Waals surface area contributed by atoms with Crippen LogP contribution in [-0.2, 0) is 4.74 Å². The monoisotopic (exact) mass is 238 g/mol. The summed E-state index contributed by atoms with van der Waals surface area (Å²) in [5, 5.41) is 9.72. The van der Waals surface area contributed by atoms with Crippen molar-refractivity contribution in [3.8, 4) is 0 Å². The first-order chi connectivity index (χ1) is 7.66. The molecule has 0 radical (unpaired) electrons. The third kappa shape index (κ3) is 3.97. The molecule has 1 aliphatic carbocycles. The van der Waals surface area contributed by atoms with Gasteiger partial charge in [-0.15, -0.1) is 0 Å². The van der Waals surface area contributed by atoms with Gasteiger partial charge >= 0.3 is 0 Å². The Bertz CT molecular complexity index is 302. The van der Waals surface area contributed by atoms with Crippen LogP contribution in [0.2, 0.25) is 0 Å². The number of aliphatic hydroxyl groups is 1. The molecular weight excluding hydrogens is 212 g/mol. The quantitative estimate of drug-likeness (QED) is 0.812. The summed E-state index contributed by atoms with van der Waals surface area (Å²) in [7, 11) is 0. The fourth-order valence-corrected chi connectivity index (χ4v) is 1.96. The van der Waals surface area contributed by atoms with Gasteiger partial charge in [0.05, 0.1) is 17.8 Å². The van der Waals surface area contributed by atoms with E-state index in [1.165, 1.54) is 0 Å². The second-order valence-corrected chi connectivity index (χ2v) is 6.54. The van der Waals surface area contributed by atoms with Crippen LogP contribution in [0.5, 0.6) is 0 Å². The van der Waals surface area contributed by atoms with E-state index in [0.717, 1.165) is 6.42 Å². The molecule has 0 aliphatic heterocycles. The van der Waals surface area contributed by atoms with E-state index in [1.54, 1.807) is 0 Å². The van der Waals surface area contributed by atoms with Crippen molar-refractivity contribution >= 4 is 0 Å². The molecule has 2 heteroatoms. The average Bonchev–Trinajstić information content (AvgIpc) is 2.15. The molecule has 1 N–H and O–H groups in total. The molecule has 0 aromatic rings. The van der Waals surface area contributed by atoms with Gasteiger partial charge in [-0.3, -0.25) is 0 Å². The van der Waals surface area contributed by atoms with Gasteiger partial charge in [-0.1, -0.05) is 45.1 Å². The van der Waals surface area contributed by atoms with Crippen LogP contribution in [-0.4, -0.2) is 22.9 Å². The standard InChI is InChI=1S/C15H26O2/c1-13(2,3)15(9-7-6-8-10-15)17-12-11-14(4,5)16/h6-9,16H,10-12H2,1-5H3. The molecule has 0 saturated carbocycles. The molecule has 0 fully saturated rings. The Balaban J connectivity index is 2.67. The van der Waals surface area contributed by atoms with Crippen molar-refractivity contribution in [3.63, 3.8) is 0 Å². The number of hydrogen-bond acceptors (Lipinski definition) is 2. The lowest BCUT2D eigenvalue weighted by atomic mass is 9.72. The Morgan fingerprint density at radius 2 is 1.82 bits per heavy atom. The van der Waals surface area contributed by atoms with Crippen LogP contribution < -0.4 is 0 Å². The van der Waals surface area contributed by atoms with Crippen LogP contribution in [0.1, 0.15) is 47.5 Å². The molecule has 0 heterocycles. The largest absolute Gasteiger partial charge is 0.390 e. The molecule has 0 saturated heterocycles. The van der Waals surface area contributed by atoms with Gasteiger partial charge in [0.2, 0.25) is 0 Å². The van der Waals surface area contributed by atoms with Crippen molar-refractivity contribution in [1.82, 2.24) is 0 Å². The topological polar surface area (TPSA) is 29.5 Å². The van der Waals surface area contributed by atoms with Crippen molar-refractivity contribution in [1.29, 1.82) is 0 Å². The van der Waals surface area contributed by atoms with E-state index < -0.39 is 5.60 Å². The lowest BCUT2D eigenvalue weighted by Gasteiger charge is -2.43. The maximum atomic E-state index is 9.72. The van der Waals surface area contributed by atoms with Gasteiger partial charge in [0.15, 0.2) is 0 Å². The summed E-state index contributed by atoms with van der Waals surface area (Å²) in [5.74, 6) is 0. The molecule has 0 amide bonds. The number of allylic oxidation sites excluding steroid dienone is 2. The van der Waals surface area contributed by atoms with Crippen LogP contribution >= 0.6 is 0 Å². The maximum Gasteiger partial charge on any atom is 0.0947 e. The third-order valence-electron chi connectivity index (χ3n) is 3.38. The Morgan fingerprint density at radius 3 is 2.24 bits per heavy atom. The second-order valence-electron chi connectivity index (χ2n) is 6.54. The molecular formula is C15H26O2. The van der Waals surface area contributed by atoms with Crippen LogP contribution in [0.25, 0.3) is 0 Å². The van der Waals surface area contributed by atoms with Crippen LogP contribution in [0.3, 0.4) is 0 Å². The molecule has 1 atom stereocenters. The summed E-state index contributed by atoms with van der Waals surface area (Å²) >= 11 is 0. The molecule has 2 nitrogen and oxygen atoms in total. The Labute approximate surface area is 105 Å². The highest BCUT2D eigenvalue weighted by Gasteiger charge is 2.40. The van der Waals surface area contributed by atoms with Gasteiger partial charge in [-0.2, -0.15) is 0 Å². The summed E-state index contributed by atoms with van der Waals surface area (Å²) in [6, 6.07) is 0. The lowest BCUT2D eigenvalue weighted by Crippen LogP contribution is -2.45. The Morgan fingerprint density at radius 1 is 1.18 bits per heavy atom. The SMILES string of the molecule is CC(C)(O)CCOC1(C(C)(C)C)C=CC=CC1. The minimum absolute atomic E-state index is 0.0495. The fraction of sp³-hybridized carbons (Fsp3) is 0.733. The first-order valence-corrected chi connectivity index (χ1v) is 6.37. The molecule has 0 aromatic heterocycles. The predicted molar refractivity (Wildman–Crippen MR) is 71.9 cm³/mol. The number of hydrogen-bond donors (Lipinski definition) is 1. The summed E-state index contributed by atoms with van der Waals surface area (Å²) in [6.45, 7) is 10.8. The van der Waals surface area contributed by atoms with Crippen molar-refractivity contribution < 1.29 is 9.84 Å². The van der Waals surface area contributed by atoms with E-state index in [0.29, 0.717) is 13.0 Å². The van der Waals surface area contributed by atoms with Gasteiger partial charge in [-0.05, 0) is 32.1 Å². The smallest absolute Gasteiger partial charge is 0.0947 e. The van der Waals surface area contributed by atoms with Gasteiger partial charge in [-0.25, -0.2) is 0 Å². The van der Waals surface area contributed by atoms with Crippen molar-refractivity contribution in [2.75, 3.05) is 6.61 Å². The minimum Gasteiger partial charge on any atom is -0.390 e. The summed E-state index contributed by atoms with van der Waals surface area (Å²) in [4.78, 5) is 0. The highest BCUT2D eigenvalue weighted by molar-refractivity contribution is 5.21. The van der Waals surface area contributed by atoms with Crippen LogP contribution in [0, 0.1) is 5.41 Å². The average molecular weight is 238 g/mol. The molecule has 1 unspecified atom stereocenters. The lowest BCUT2D eigenvalue weighted by molar-refractivity contribution is -0.0943. The molecule has 17 heavy (non-hydrogen) atoms. The normalized spacial score (nSPS) is 25.3. The molecule has 0 spiro atoms. The van der Waals surface area contributed by atoms with Crippen LogP contribution in [0.15, 0.2) is 24.3 Å². The zero-order valence-electron chi connectivity index (χ0n) is 11.8. The molecule has 1 rings (SSSR count). The van der Waals surface area contributed by atoms with E-state index >= 15 is 0 Å². The number of rotatable bonds is 4. The van der Waals surface area contributed by atoms with Gasteiger partial charge < -0.3 is 9.84 Å². The number of ether oxygens (including phenoxy) is 1. The highest BCUT2D eigenvalue weighted by atomic mass is 16.5. The summed E-state index contributed by atoms with van der Waals surface area (Å²) in [5.41, 5.74) is -0.853. The highest BCUT2D eigenvalue weighted by Crippen LogP contribution is 2.40. The summed E-state index contributed by atoms with van der Waals surface area (Å²) in [6.07, 6.45) is 9.97. The molecule has 0 bridgehead atoms. The van der Waals surface area contributed by atoms with Crippen molar-refractivity contribution in [3.05, 3.63) is 24.3 Å². The molecule has 98 valence electrons. The van der Waals surface area contributed by atoms with Crippen molar-refractivity contribution in [2.45, 2.75) is 58.7 Å². The van der Waals surface area contributed by atoms with E-state index in [4.69, 9.17) is 4.74 Å². The predicted octanol–water partition coefficient (Wildman–Crippen LogP) is 3.47. The summed E-state index contributed by atoms with van der Waals surface area (Å²) < 4.78 is 6.11. The third-order valence-corrected chi connectivity index (χ3v) is 3.38. The van der Waals surface area contributed by atoms with Crippen molar-refractivity contribution in [2.24, 2.45) is 5.41 Å².